The Hall–Kier alpha value is -3.17. The summed E-state index contributed by atoms with van der Waals surface area (Å²) in [5.74, 6) is -0.148. The number of nitrogens with zero attached hydrogens (tertiary/aromatic N) is 2. The second-order valence-electron chi connectivity index (χ2n) is 6.44. The van der Waals surface area contributed by atoms with Crippen molar-refractivity contribution in [1.29, 1.82) is 0 Å². The number of imidazole rings is 1. The second kappa shape index (κ2) is 9.55. The molecule has 0 unspecified atom stereocenters. The Morgan fingerprint density at radius 2 is 1.97 bits per heavy atom. The Labute approximate surface area is 179 Å². The first-order chi connectivity index (χ1) is 14.3. The van der Waals surface area contributed by atoms with E-state index >= 15 is 0 Å². The number of aromatic amines is 1. The molecule has 1 aromatic heterocycles. The highest BCUT2D eigenvalue weighted by atomic mass is 35.5. The molecule has 3 N–H and O–H groups in total. The van der Waals surface area contributed by atoms with Gasteiger partial charge in [0.1, 0.15) is 0 Å². The highest BCUT2D eigenvalue weighted by molar-refractivity contribution is 7.90. The van der Waals surface area contributed by atoms with Gasteiger partial charge < -0.3 is 10.3 Å². The van der Waals surface area contributed by atoms with Crippen molar-refractivity contribution in [1.82, 2.24) is 15.3 Å². The zero-order valence-electron chi connectivity index (χ0n) is 16.1. The lowest BCUT2D eigenvalue weighted by Crippen LogP contribution is -2.36. The molecule has 1 amide bonds. The van der Waals surface area contributed by atoms with Crippen molar-refractivity contribution in [2.24, 2.45) is 4.99 Å². The highest BCUT2D eigenvalue weighted by Gasteiger charge is 2.11. The number of hydrogen-bond acceptors (Lipinski definition) is 5. The lowest BCUT2D eigenvalue weighted by Gasteiger charge is -2.12. The summed E-state index contributed by atoms with van der Waals surface area (Å²) in [5.41, 5.74) is 1.88. The number of aliphatic imine (C=N–C) groups is 1. The summed E-state index contributed by atoms with van der Waals surface area (Å²) in [7, 11) is -3.30. The van der Waals surface area contributed by atoms with Gasteiger partial charge in [0.15, 0.2) is 9.84 Å². The molecule has 156 valence electrons. The molecule has 1 heterocycles. The first kappa shape index (κ1) is 21.5. The largest absolute Gasteiger partial charge is 0.348 e. The van der Waals surface area contributed by atoms with Crippen molar-refractivity contribution in [3.63, 3.8) is 0 Å². The SMILES string of the molecule is CS(=O)(=O)c1ccc(NC(=NCCc2cnc[nH]2)NC(=O)c2cccc(Cl)c2)cc1. The summed E-state index contributed by atoms with van der Waals surface area (Å²) in [4.78, 5) is 24.2. The predicted molar refractivity (Wildman–Crippen MR) is 117 cm³/mol. The minimum absolute atomic E-state index is 0.203. The van der Waals surface area contributed by atoms with Crippen LogP contribution >= 0.6 is 11.6 Å². The quantitative estimate of drug-likeness (QED) is 0.398. The smallest absolute Gasteiger partial charge is 0.258 e. The molecule has 3 rings (SSSR count). The summed E-state index contributed by atoms with van der Waals surface area (Å²) in [6, 6.07) is 12.7. The average molecular weight is 446 g/mol. The van der Waals surface area contributed by atoms with Gasteiger partial charge in [-0.1, -0.05) is 17.7 Å². The van der Waals surface area contributed by atoms with Gasteiger partial charge in [0.25, 0.3) is 5.91 Å². The Morgan fingerprint density at radius 3 is 2.60 bits per heavy atom. The van der Waals surface area contributed by atoms with Crippen molar-refractivity contribution >= 4 is 39.0 Å². The highest BCUT2D eigenvalue weighted by Crippen LogP contribution is 2.14. The topological polar surface area (TPSA) is 116 Å². The summed E-state index contributed by atoms with van der Waals surface area (Å²) in [6.07, 6.45) is 5.04. The Bertz CT molecular complexity index is 1140. The molecule has 30 heavy (non-hydrogen) atoms. The molecule has 0 radical (unpaired) electrons. The molecule has 10 heteroatoms. The van der Waals surface area contributed by atoms with E-state index in [0.29, 0.717) is 29.2 Å². The Kier molecular flexibility index (Phi) is 6.86. The van der Waals surface area contributed by atoms with E-state index in [1.807, 2.05) is 0 Å². The molecule has 0 saturated heterocycles. The van der Waals surface area contributed by atoms with Gasteiger partial charge >= 0.3 is 0 Å². The molecule has 8 nitrogen and oxygen atoms in total. The predicted octanol–water partition coefficient (Wildman–Crippen LogP) is 2.91. The number of halogens is 1. The molecule has 0 bridgehead atoms. The van der Waals surface area contributed by atoms with Gasteiger partial charge in [-0.15, -0.1) is 0 Å². The third-order valence-corrected chi connectivity index (χ3v) is 5.43. The molecular formula is C20H20ClN5O3S. The monoisotopic (exact) mass is 445 g/mol. The van der Waals surface area contributed by atoms with Gasteiger partial charge in [-0.05, 0) is 42.5 Å². The maximum absolute atomic E-state index is 12.6. The molecule has 0 aliphatic heterocycles. The fourth-order valence-electron chi connectivity index (χ4n) is 2.55. The van der Waals surface area contributed by atoms with Crippen LogP contribution in [0.3, 0.4) is 0 Å². The number of carbonyl (C=O) groups is 1. The number of anilines is 1. The molecular weight excluding hydrogens is 426 g/mol. The maximum atomic E-state index is 12.6. The van der Waals surface area contributed by atoms with E-state index < -0.39 is 9.84 Å². The van der Waals surface area contributed by atoms with Crippen LogP contribution in [0.1, 0.15) is 16.1 Å². The number of H-pyrrole nitrogens is 1. The van der Waals surface area contributed by atoms with E-state index in [0.717, 1.165) is 11.9 Å². The summed E-state index contributed by atoms with van der Waals surface area (Å²) < 4.78 is 23.3. The van der Waals surface area contributed by atoms with Crippen LogP contribution in [0, 0.1) is 0 Å². The first-order valence-corrected chi connectivity index (χ1v) is 11.2. The summed E-state index contributed by atoms with van der Waals surface area (Å²) >= 11 is 5.96. The number of aromatic nitrogens is 2. The number of guanidine groups is 1. The number of rotatable bonds is 6. The van der Waals surface area contributed by atoms with Gasteiger partial charge in [-0.3, -0.25) is 15.1 Å². The minimum Gasteiger partial charge on any atom is -0.348 e. The number of benzene rings is 2. The van der Waals surface area contributed by atoms with Crippen molar-refractivity contribution in [3.8, 4) is 0 Å². The molecule has 0 fully saturated rings. The molecule has 2 aromatic carbocycles. The summed E-state index contributed by atoms with van der Waals surface area (Å²) in [5, 5.41) is 6.20. The van der Waals surface area contributed by atoms with E-state index in [4.69, 9.17) is 11.6 Å². The molecule has 0 saturated carbocycles. The standard InChI is InChI=1S/C20H20ClN5O3S/c1-30(28,29)18-7-5-16(6-8-18)25-20(23-10-9-17-12-22-13-24-17)26-19(27)14-3-2-4-15(21)11-14/h2-8,11-13H,9-10H2,1H3,(H,22,24)(H2,23,25,26,27). The van der Waals surface area contributed by atoms with Crippen LogP contribution in [-0.4, -0.2) is 43.1 Å². The minimum atomic E-state index is -3.30. The van der Waals surface area contributed by atoms with Crippen LogP contribution in [0.25, 0.3) is 0 Å². The number of hydrogen-bond donors (Lipinski definition) is 3. The molecule has 0 atom stereocenters. The molecule has 3 aromatic rings. The first-order valence-electron chi connectivity index (χ1n) is 8.97. The van der Waals surface area contributed by atoms with Gasteiger partial charge in [0.05, 0.1) is 11.2 Å². The fourth-order valence-corrected chi connectivity index (χ4v) is 3.37. The Balaban J connectivity index is 1.76. The van der Waals surface area contributed by atoms with Crippen molar-refractivity contribution < 1.29 is 13.2 Å². The van der Waals surface area contributed by atoms with Crippen LogP contribution in [0.5, 0.6) is 0 Å². The summed E-state index contributed by atoms with van der Waals surface area (Å²) in [6.45, 7) is 0.391. The van der Waals surface area contributed by atoms with Crippen molar-refractivity contribution in [2.75, 3.05) is 18.1 Å². The van der Waals surface area contributed by atoms with E-state index in [1.54, 1.807) is 48.9 Å². The second-order valence-corrected chi connectivity index (χ2v) is 8.90. The number of nitrogens with one attached hydrogen (secondary N) is 3. The number of amides is 1. The zero-order chi connectivity index (χ0) is 21.6. The third kappa shape index (κ3) is 6.16. The number of carbonyl (C=O) groups excluding carboxylic acids is 1. The third-order valence-electron chi connectivity index (χ3n) is 4.07. The van der Waals surface area contributed by atoms with Crippen LogP contribution in [0.2, 0.25) is 5.02 Å². The zero-order valence-corrected chi connectivity index (χ0v) is 17.7. The maximum Gasteiger partial charge on any atom is 0.258 e. The van der Waals surface area contributed by atoms with Crippen LogP contribution in [0.15, 0.2) is 70.9 Å². The van der Waals surface area contributed by atoms with Gasteiger partial charge in [0, 0.05) is 47.4 Å². The average Bonchev–Trinajstić information content (AvgIpc) is 3.21. The van der Waals surface area contributed by atoms with Crippen LogP contribution < -0.4 is 10.6 Å². The van der Waals surface area contributed by atoms with Gasteiger partial charge in [-0.2, -0.15) is 0 Å². The van der Waals surface area contributed by atoms with Crippen molar-refractivity contribution in [3.05, 3.63) is 77.3 Å². The van der Waals surface area contributed by atoms with E-state index in [1.165, 1.54) is 12.1 Å². The van der Waals surface area contributed by atoms with E-state index in [2.05, 4.69) is 25.6 Å². The lowest BCUT2D eigenvalue weighted by molar-refractivity contribution is 0.0977. The van der Waals surface area contributed by atoms with Gasteiger partial charge in [-0.25, -0.2) is 13.4 Å². The number of sulfone groups is 1. The fraction of sp³-hybridized carbons (Fsp3) is 0.150. The lowest BCUT2D eigenvalue weighted by atomic mass is 10.2. The Morgan fingerprint density at radius 1 is 1.20 bits per heavy atom. The van der Waals surface area contributed by atoms with E-state index in [9.17, 15) is 13.2 Å². The van der Waals surface area contributed by atoms with Gasteiger partial charge in [0.2, 0.25) is 5.96 Å². The van der Waals surface area contributed by atoms with Crippen LogP contribution in [-0.2, 0) is 16.3 Å². The van der Waals surface area contributed by atoms with Crippen molar-refractivity contribution in [2.45, 2.75) is 11.3 Å². The normalized spacial score (nSPS) is 11.9. The van der Waals surface area contributed by atoms with E-state index in [-0.39, 0.29) is 16.8 Å². The van der Waals surface area contributed by atoms with Crippen LogP contribution in [0.4, 0.5) is 5.69 Å². The molecule has 0 aliphatic rings. The molecule has 0 aliphatic carbocycles. The molecule has 0 spiro atoms.